The largest absolute Gasteiger partial charge is 0.384 e. The van der Waals surface area contributed by atoms with Gasteiger partial charge in [0.15, 0.2) is 0 Å². The highest BCUT2D eigenvalue weighted by atomic mass is 16.2. The van der Waals surface area contributed by atoms with Crippen molar-refractivity contribution in [1.82, 2.24) is 5.32 Å². The molecule has 2 N–H and O–H groups in total. The number of benzene rings is 1. The van der Waals surface area contributed by atoms with Gasteiger partial charge in [0.25, 0.3) is 5.91 Å². The molecule has 3 nitrogen and oxygen atoms in total. The Balaban J connectivity index is 2.52. The molecule has 0 fully saturated rings. The molecular formula is C16H21NO2. The zero-order chi connectivity index (χ0) is 14.1. The van der Waals surface area contributed by atoms with Crippen molar-refractivity contribution in [3.8, 4) is 11.8 Å². The van der Waals surface area contributed by atoms with E-state index >= 15 is 0 Å². The van der Waals surface area contributed by atoms with Crippen LogP contribution in [0.1, 0.15) is 42.6 Å². The maximum atomic E-state index is 11.9. The number of rotatable bonds is 5. The fraction of sp³-hybridized carbons (Fsp3) is 0.438. The summed E-state index contributed by atoms with van der Waals surface area (Å²) in [6, 6.07) is 7.12. The molecule has 0 saturated carbocycles. The summed E-state index contributed by atoms with van der Waals surface area (Å²) in [7, 11) is 0. The van der Waals surface area contributed by atoms with Crippen LogP contribution in [0.15, 0.2) is 24.3 Å². The molecule has 102 valence electrons. The first-order chi connectivity index (χ1) is 9.13. The topological polar surface area (TPSA) is 49.3 Å². The maximum Gasteiger partial charge on any atom is 0.251 e. The fourth-order valence-corrected chi connectivity index (χ4v) is 1.69. The van der Waals surface area contributed by atoms with Crippen molar-refractivity contribution in [2.75, 3.05) is 13.2 Å². The Morgan fingerprint density at radius 3 is 2.89 bits per heavy atom. The monoisotopic (exact) mass is 259 g/mol. The molecule has 0 aliphatic rings. The SMILES string of the molecule is CC(C)CCCNC(=O)c1cccc(C#CCO)c1. The summed E-state index contributed by atoms with van der Waals surface area (Å²) in [5.41, 5.74) is 1.35. The zero-order valence-electron chi connectivity index (χ0n) is 11.6. The quantitative estimate of drug-likeness (QED) is 0.629. The molecule has 0 unspecified atom stereocenters. The van der Waals surface area contributed by atoms with E-state index < -0.39 is 0 Å². The molecule has 0 bridgehead atoms. The number of hydrogen-bond acceptors (Lipinski definition) is 2. The standard InChI is InChI=1S/C16H21NO2/c1-13(2)6-4-10-17-16(19)15-9-3-7-14(12-15)8-5-11-18/h3,7,9,12-13,18H,4,6,10-11H2,1-2H3,(H,17,19). The van der Waals surface area contributed by atoms with Gasteiger partial charge in [0.1, 0.15) is 6.61 Å². The lowest BCUT2D eigenvalue weighted by molar-refractivity contribution is 0.0952. The van der Waals surface area contributed by atoms with Gasteiger partial charge in [0, 0.05) is 17.7 Å². The molecule has 19 heavy (non-hydrogen) atoms. The number of carbonyl (C=O) groups excluding carboxylic acids is 1. The fourth-order valence-electron chi connectivity index (χ4n) is 1.69. The van der Waals surface area contributed by atoms with Crippen molar-refractivity contribution in [2.45, 2.75) is 26.7 Å². The van der Waals surface area contributed by atoms with E-state index in [2.05, 4.69) is 31.0 Å². The van der Waals surface area contributed by atoms with Crippen LogP contribution in [0.3, 0.4) is 0 Å². The Labute approximate surface area is 115 Å². The Kier molecular flexibility index (Phi) is 6.70. The summed E-state index contributed by atoms with van der Waals surface area (Å²) in [5.74, 6) is 5.95. The molecule has 0 heterocycles. The first-order valence-electron chi connectivity index (χ1n) is 6.61. The average Bonchev–Trinajstić information content (AvgIpc) is 2.41. The molecule has 0 saturated heterocycles. The predicted molar refractivity (Wildman–Crippen MR) is 76.8 cm³/mol. The van der Waals surface area contributed by atoms with Gasteiger partial charge in [0.05, 0.1) is 0 Å². The van der Waals surface area contributed by atoms with Crippen molar-refractivity contribution in [1.29, 1.82) is 0 Å². The molecule has 1 rings (SSSR count). The van der Waals surface area contributed by atoms with Crippen LogP contribution >= 0.6 is 0 Å². The number of aliphatic hydroxyl groups is 1. The van der Waals surface area contributed by atoms with E-state index in [1.54, 1.807) is 18.2 Å². The van der Waals surface area contributed by atoms with Crippen molar-refractivity contribution in [2.24, 2.45) is 5.92 Å². The number of amides is 1. The van der Waals surface area contributed by atoms with Crippen LogP contribution in [0.25, 0.3) is 0 Å². The van der Waals surface area contributed by atoms with Gasteiger partial charge in [-0.05, 0) is 37.0 Å². The van der Waals surface area contributed by atoms with Gasteiger partial charge >= 0.3 is 0 Å². The first-order valence-corrected chi connectivity index (χ1v) is 6.61. The lowest BCUT2D eigenvalue weighted by Crippen LogP contribution is -2.24. The summed E-state index contributed by atoms with van der Waals surface area (Å²) in [6.45, 7) is 4.87. The Morgan fingerprint density at radius 2 is 2.21 bits per heavy atom. The molecule has 3 heteroatoms. The molecule has 0 spiro atoms. The van der Waals surface area contributed by atoms with E-state index in [9.17, 15) is 4.79 Å². The molecule has 0 aliphatic heterocycles. The normalized spacial score (nSPS) is 9.89. The third kappa shape index (κ3) is 6.08. The number of carbonyl (C=O) groups is 1. The van der Waals surface area contributed by atoms with Crippen LogP contribution in [-0.2, 0) is 0 Å². The molecule has 1 aromatic rings. The second kappa shape index (κ2) is 8.34. The molecule has 1 amide bonds. The van der Waals surface area contributed by atoms with E-state index in [0.717, 1.165) is 18.4 Å². The van der Waals surface area contributed by atoms with Crippen LogP contribution in [0.2, 0.25) is 0 Å². The molecule has 0 aromatic heterocycles. The minimum absolute atomic E-state index is 0.0728. The van der Waals surface area contributed by atoms with Crippen molar-refractivity contribution < 1.29 is 9.90 Å². The summed E-state index contributed by atoms with van der Waals surface area (Å²) < 4.78 is 0. The van der Waals surface area contributed by atoms with Gasteiger partial charge in [-0.2, -0.15) is 0 Å². The molecule has 0 aliphatic carbocycles. The van der Waals surface area contributed by atoms with Crippen LogP contribution in [0.4, 0.5) is 0 Å². The zero-order valence-corrected chi connectivity index (χ0v) is 11.6. The highest BCUT2D eigenvalue weighted by Gasteiger charge is 2.05. The molecule has 1 aromatic carbocycles. The van der Waals surface area contributed by atoms with Gasteiger partial charge in [-0.25, -0.2) is 0 Å². The Morgan fingerprint density at radius 1 is 1.42 bits per heavy atom. The van der Waals surface area contributed by atoms with Gasteiger partial charge in [-0.15, -0.1) is 0 Å². The van der Waals surface area contributed by atoms with E-state index in [0.29, 0.717) is 18.0 Å². The summed E-state index contributed by atoms with van der Waals surface area (Å²) in [4.78, 5) is 11.9. The highest BCUT2D eigenvalue weighted by molar-refractivity contribution is 5.94. The second-order valence-electron chi connectivity index (χ2n) is 4.83. The van der Waals surface area contributed by atoms with Gasteiger partial charge in [-0.1, -0.05) is 31.8 Å². The minimum Gasteiger partial charge on any atom is -0.384 e. The predicted octanol–water partition coefficient (Wildman–Crippen LogP) is 2.20. The lowest BCUT2D eigenvalue weighted by atomic mass is 10.1. The average molecular weight is 259 g/mol. The third-order valence-corrected chi connectivity index (χ3v) is 2.68. The van der Waals surface area contributed by atoms with Crippen LogP contribution < -0.4 is 5.32 Å². The first kappa shape index (κ1) is 15.3. The van der Waals surface area contributed by atoms with Crippen molar-refractivity contribution in [3.05, 3.63) is 35.4 Å². The van der Waals surface area contributed by atoms with Crippen molar-refractivity contribution in [3.63, 3.8) is 0 Å². The second-order valence-corrected chi connectivity index (χ2v) is 4.83. The van der Waals surface area contributed by atoms with Gasteiger partial charge in [-0.3, -0.25) is 4.79 Å². The summed E-state index contributed by atoms with van der Waals surface area (Å²) >= 11 is 0. The van der Waals surface area contributed by atoms with Gasteiger partial charge in [0.2, 0.25) is 0 Å². The molecular weight excluding hydrogens is 238 g/mol. The van der Waals surface area contributed by atoms with Crippen molar-refractivity contribution >= 4 is 5.91 Å². The van der Waals surface area contributed by atoms with Crippen LogP contribution in [-0.4, -0.2) is 24.2 Å². The number of hydrogen-bond donors (Lipinski definition) is 2. The van der Waals surface area contributed by atoms with E-state index in [-0.39, 0.29) is 12.5 Å². The number of nitrogens with one attached hydrogen (secondary N) is 1. The summed E-state index contributed by atoms with van der Waals surface area (Å²) in [6.07, 6.45) is 2.11. The van der Waals surface area contributed by atoms with E-state index in [1.807, 2.05) is 6.07 Å². The van der Waals surface area contributed by atoms with E-state index in [4.69, 9.17) is 5.11 Å². The summed E-state index contributed by atoms with van der Waals surface area (Å²) in [5, 5.41) is 11.5. The van der Waals surface area contributed by atoms with Crippen LogP contribution in [0, 0.1) is 17.8 Å². The smallest absolute Gasteiger partial charge is 0.251 e. The molecule has 0 radical (unpaired) electrons. The molecule has 0 atom stereocenters. The third-order valence-electron chi connectivity index (χ3n) is 2.68. The Bertz CT molecular complexity index is 469. The lowest BCUT2D eigenvalue weighted by Gasteiger charge is -2.07. The van der Waals surface area contributed by atoms with Crippen LogP contribution in [0.5, 0.6) is 0 Å². The maximum absolute atomic E-state index is 11.9. The van der Waals surface area contributed by atoms with Gasteiger partial charge < -0.3 is 10.4 Å². The van der Waals surface area contributed by atoms with E-state index in [1.165, 1.54) is 0 Å². The number of aliphatic hydroxyl groups excluding tert-OH is 1. The Hall–Kier alpha value is -1.79. The highest BCUT2D eigenvalue weighted by Crippen LogP contribution is 2.05. The minimum atomic E-state index is -0.175.